The Bertz CT molecular complexity index is 992. The molecule has 1 amide bonds. The van der Waals surface area contributed by atoms with Crippen LogP contribution in [-0.4, -0.2) is 21.9 Å². The number of ether oxygens (including phenoxy) is 1. The first kappa shape index (κ1) is 19.9. The van der Waals surface area contributed by atoms with Gasteiger partial charge in [0.15, 0.2) is 0 Å². The van der Waals surface area contributed by atoms with Crippen molar-refractivity contribution in [2.75, 3.05) is 5.32 Å². The molecule has 1 heterocycles. The molecule has 1 atom stereocenters. The third-order valence-corrected chi connectivity index (χ3v) is 3.98. The molecule has 3 rings (SSSR count). The van der Waals surface area contributed by atoms with Crippen LogP contribution in [0.25, 0.3) is 0 Å². The number of benzene rings is 2. The van der Waals surface area contributed by atoms with Gasteiger partial charge in [-0.2, -0.15) is 0 Å². The van der Waals surface area contributed by atoms with Gasteiger partial charge in [0.2, 0.25) is 11.8 Å². The number of hydrogen-bond acceptors (Lipinski definition) is 6. The summed E-state index contributed by atoms with van der Waals surface area (Å²) in [6, 6.07) is 14.2. The van der Waals surface area contributed by atoms with E-state index >= 15 is 0 Å². The molecule has 0 fully saturated rings. The van der Waals surface area contributed by atoms with Crippen LogP contribution < -0.4 is 15.8 Å². The number of hydrogen-bond donors (Lipinski definition) is 2. The molecular formula is C20H17FN4O4. The number of rotatable bonds is 7. The van der Waals surface area contributed by atoms with E-state index in [2.05, 4.69) is 10.3 Å². The maximum Gasteiger partial charge on any atom is 0.287 e. The number of amides is 1. The molecule has 0 radical (unpaired) electrons. The van der Waals surface area contributed by atoms with E-state index in [0.29, 0.717) is 17.9 Å². The summed E-state index contributed by atoms with van der Waals surface area (Å²) >= 11 is 0. The van der Waals surface area contributed by atoms with Gasteiger partial charge in [-0.15, -0.1) is 0 Å². The molecule has 0 aliphatic heterocycles. The zero-order valence-corrected chi connectivity index (χ0v) is 15.1. The summed E-state index contributed by atoms with van der Waals surface area (Å²) in [5.74, 6) is -0.0660. The SMILES string of the molecule is NC(Cc1ccc(Oc2ccc([N+](=O)[O-])cn2)cc1)C(=O)Nc1ccc(F)cc1. The first-order chi connectivity index (χ1) is 13.9. The molecule has 2 aromatic carbocycles. The number of nitrogens with zero attached hydrogens (tertiary/aromatic N) is 2. The van der Waals surface area contributed by atoms with Crippen LogP contribution in [0.5, 0.6) is 11.6 Å². The largest absolute Gasteiger partial charge is 0.439 e. The summed E-state index contributed by atoms with van der Waals surface area (Å²) in [7, 11) is 0. The van der Waals surface area contributed by atoms with Crippen molar-refractivity contribution in [2.24, 2.45) is 5.73 Å². The number of nitrogens with two attached hydrogens (primary N) is 1. The summed E-state index contributed by atoms with van der Waals surface area (Å²) in [5, 5.41) is 13.3. The van der Waals surface area contributed by atoms with E-state index in [1.165, 1.54) is 36.4 Å². The quantitative estimate of drug-likeness (QED) is 0.466. The Hall–Kier alpha value is -3.85. The van der Waals surface area contributed by atoms with Crippen molar-refractivity contribution in [3.63, 3.8) is 0 Å². The van der Waals surface area contributed by atoms with Crippen molar-refractivity contribution in [3.8, 4) is 11.6 Å². The van der Waals surface area contributed by atoms with Crippen LogP contribution in [0.3, 0.4) is 0 Å². The average Bonchev–Trinajstić information content (AvgIpc) is 2.71. The van der Waals surface area contributed by atoms with Crippen molar-refractivity contribution in [1.29, 1.82) is 0 Å². The summed E-state index contributed by atoms with van der Waals surface area (Å²) in [5.41, 5.74) is 7.10. The second-order valence-electron chi connectivity index (χ2n) is 6.16. The lowest BCUT2D eigenvalue weighted by atomic mass is 10.1. The first-order valence-electron chi connectivity index (χ1n) is 8.60. The lowest BCUT2D eigenvalue weighted by Gasteiger charge is -2.13. The second-order valence-corrected chi connectivity index (χ2v) is 6.16. The number of aromatic nitrogens is 1. The number of nitrogens with one attached hydrogen (secondary N) is 1. The molecule has 3 aromatic rings. The molecule has 8 nitrogen and oxygen atoms in total. The minimum atomic E-state index is -0.789. The molecule has 0 saturated heterocycles. The van der Waals surface area contributed by atoms with E-state index in [-0.39, 0.29) is 17.5 Å². The maximum atomic E-state index is 12.9. The van der Waals surface area contributed by atoms with Crippen molar-refractivity contribution in [2.45, 2.75) is 12.5 Å². The molecule has 29 heavy (non-hydrogen) atoms. The van der Waals surface area contributed by atoms with Gasteiger partial charge in [0.25, 0.3) is 5.69 Å². The van der Waals surface area contributed by atoms with E-state index < -0.39 is 16.8 Å². The van der Waals surface area contributed by atoms with Gasteiger partial charge in [0.05, 0.1) is 11.0 Å². The van der Waals surface area contributed by atoms with Crippen LogP contribution in [0.4, 0.5) is 15.8 Å². The van der Waals surface area contributed by atoms with Crippen LogP contribution >= 0.6 is 0 Å². The minimum absolute atomic E-state index is 0.124. The molecule has 0 aliphatic carbocycles. The predicted molar refractivity (Wildman–Crippen MR) is 104 cm³/mol. The number of nitro groups is 1. The molecular weight excluding hydrogens is 379 g/mol. The highest BCUT2D eigenvalue weighted by Gasteiger charge is 2.14. The van der Waals surface area contributed by atoms with Gasteiger partial charge in [-0.3, -0.25) is 14.9 Å². The van der Waals surface area contributed by atoms with Crippen LogP contribution in [0.1, 0.15) is 5.56 Å². The molecule has 0 aliphatic rings. The van der Waals surface area contributed by atoms with Crippen LogP contribution in [0.15, 0.2) is 66.9 Å². The average molecular weight is 396 g/mol. The highest BCUT2D eigenvalue weighted by Crippen LogP contribution is 2.22. The number of anilines is 1. The molecule has 0 bridgehead atoms. The highest BCUT2D eigenvalue weighted by molar-refractivity contribution is 5.94. The van der Waals surface area contributed by atoms with Gasteiger partial charge in [-0.25, -0.2) is 9.37 Å². The third kappa shape index (κ3) is 5.56. The van der Waals surface area contributed by atoms with Gasteiger partial charge in [-0.1, -0.05) is 12.1 Å². The normalized spacial score (nSPS) is 11.5. The Balaban J connectivity index is 1.55. The minimum Gasteiger partial charge on any atom is -0.439 e. The van der Waals surface area contributed by atoms with E-state index in [4.69, 9.17) is 10.5 Å². The molecule has 0 spiro atoms. The van der Waals surface area contributed by atoms with Gasteiger partial charge in [0.1, 0.15) is 17.8 Å². The predicted octanol–water partition coefficient (Wildman–Crippen LogP) is 3.43. The Labute approximate surface area is 165 Å². The fraction of sp³-hybridized carbons (Fsp3) is 0.100. The number of carbonyl (C=O) groups excluding carboxylic acids is 1. The van der Waals surface area contributed by atoms with E-state index in [1.807, 2.05) is 0 Å². The molecule has 1 aromatic heterocycles. The van der Waals surface area contributed by atoms with Crippen LogP contribution in [0, 0.1) is 15.9 Å². The van der Waals surface area contributed by atoms with Crippen LogP contribution in [0.2, 0.25) is 0 Å². The second kappa shape index (κ2) is 8.89. The van der Waals surface area contributed by atoms with E-state index in [0.717, 1.165) is 11.8 Å². The zero-order valence-electron chi connectivity index (χ0n) is 15.1. The summed E-state index contributed by atoms with van der Waals surface area (Å²) in [6.45, 7) is 0. The summed E-state index contributed by atoms with van der Waals surface area (Å²) in [4.78, 5) is 26.1. The number of carbonyl (C=O) groups is 1. The van der Waals surface area contributed by atoms with Crippen LogP contribution in [-0.2, 0) is 11.2 Å². The molecule has 148 valence electrons. The zero-order chi connectivity index (χ0) is 20.8. The Morgan fingerprint density at radius 2 is 1.83 bits per heavy atom. The smallest absolute Gasteiger partial charge is 0.287 e. The van der Waals surface area contributed by atoms with Crippen molar-refractivity contribution < 1.29 is 18.8 Å². The van der Waals surface area contributed by atoms with Gasteiger partial charge >= 0.3 is 0 Å². The molecule has 9 heteroatoms. The first-order valence-corrected chi connectivity index (χ1v) is 8.60. The van der Waals surface area contributed by atoms with E-state index in [1.54, 1.807) is 24.3 Å². The van der Waals surface area contributed by atoms with Crippen molar-refractivity contribution in [3.05, 3.63) is 88.4 Å². The fourth-order valence-corrected chi connectivity index (χ4v) is 2.47. The standard InChI is InChI=1S/C20H17FN4O4/c21-14-3-5-15(6-4-14)24-20(26)18(22)11-13-1-8-17(9-2-13)29-19-10-7-16(12-23-19)25(27)28/h1-10,12,18H,11,22H2,(H,24,26). The third-order valence-electron chi connectivity index (χ3n) is 3.98. The Morgan fingerprint density at radius 1 is 1.14 bits per heavy atom. The molecule has 0 saturated carbocycles. The van der Waals surface area contributed by atoms with Crippen molar-refractivity contribution in [1.82, 2.24) is 4.98 Å². The lowest BCUT2D eigenvalue weighted by Crippen LogP contribution is -2.37. The lowest BCUT2D eigenvalue weighted by molar-refractivity contribution is -0.385. The van der Waals surface area contributed by atoms with Gasteiger partial charge in [-0.05, 0) is 48.4 Å². The fourth-order valence-electron chi connectivity index (χ4n) is 2.47. The summed E-state index contributed by atoms with van der Waals surface area (Å²) in [6.07, 6.45) is 1.41. The Morgan fingerprint density at radius 3 is 2.41 bits per heavy atom. The van der Waals surface area contributed by atoms with Crippen molar-refractivity contribution >= 4 is 17.3 Å². The Kier molecular flexibility index (Phi) is 6.10. The summed E-state index contributed by atoms with van der Waals surface area (Å²) < 4.78 is 18.4. The van der Waals surface area contributed by atoms with Gasteiger partial charge in [0, 0.05) is 17.8 Å². The van der Waals surface area contributed by atoms with Gasteiger partial charge < -0.3 is 15.8 Å². The maximum absolute atomic E-state index is 12.9. The molecule has 1 unspecified atom stereocenters. The number of pyridine rings is 1. The monoisotopic (exact) mass is 396 g/mol. The topological polar surface area (TPSA) is 120 Å². The molecule has 3 N–H and O–H groups in total. The van der Waals surface area contributed by atoms with E-state index in [9.17, 15) is 19.3 Å². The number of halogens is 1. The highest BCUT2D eigenvalue weighted by atomic mass is 19.1.